The van der Waals surface area contributed by atoms with Crippen LogP contribution in [0.4, 0.5) is 0 Å². The molecule has 2 aromatic rings. The van der Waals surface area contributed by atoms with E-state index in [1.165, 1.54) is 16.0 Å². The third-order valence-corrected chi connectivity index (χ3v) is 3.80. The van der Waals surface area contributed by atoms with Gasteiger partial charge in [-0.2, -0.15) is 0 Å². The number of nitrogens with one attached hydrogen (secondary N) is 1. The summed E-state index contributed by atoms with van der Waals surface area (Å²) in [6, 6.07) is 3.69. The number of hydrogen-bond donors (Lipinski definition) is 1. The zero-order chi connectivity index (χ0) is 13.8. The van der Waals surface area contributed by atoms with Crippen LogP contribution in [0.15, 0.2) is 18.3 Å². The third kappa shape index (κ3) is 3.52. The van der Waals surface area contributed by atoms with Crippen molar-refractivity contribution in [2.75, 3.05) is 13.7 Å². The molecule has 0 aliphatic carbocycles. The minimum atomic E-state index is -0.280. The largest absolute Gasteiger partial charge is 0.374 e. The van der Waals surface area contributed by atoms with Crippen molar-refractivity contribution in [2.24, 2.45) is 7.05 Å². The van der Waals surface area contributed by atoms with Crippen molar-refractivity contribution in [1.29, 1.82) is 0 Å². The first-order valence-corrected chi connectivity index (χ1v) is 6.72. The van der Waals surface area contributed by atoms with E-state index < -0.39 is 0 Å². The molecule has 0 saturated carbocycles. The quantitative estimate of drug-likeness (QED) is 0.911. The summed E-state index contributed by atoms with van der Waals surface area (Å²) in [5.74, 6) is -0.280. The summed E-state index contributed by atoms with van der Waals surface area (Å²) in [6.07, 6.45) is 1.33. The molecule has 0 aliphatic rings. The molecule has 0 fully saturated rings. The topological polar surface area (TPSA) is 69.0 Å². The first-order chi connectivity index (χ1) is 9.10. The van der Waals surface area contributed by atoms with E-state index in [0.717, 1.165) is 4.88 Å². The van der Waals surface area contributed by atoms with Crippen LogP contribution in [0, 0.1) is 0 Å². The van der Waals surface area contributed by atoms with Crippen molar-refractivity contribution in [3.63, 3.8) is 0 Å². The van der Waals surface area contributed by atoms with Crippen LogP contribution in [0.1, 0.15) is 21.5 Å². The molecule has 1 amide bonds. The molecule has 102 valence electrons. The van der Waals surface area contributed by atoms with Crippen LogP contribution >= 0.6 is 22.9 Å². The van der Waals surface area contributed by atoms with Crippen molar-refractivity contribution in [3.8, 4) is 0 Å². The molecule has 19 heavy (non-hydrogen) atoms. The number of rotatable bonds is 5. The first-order valence-electron chi connectivity index (χ1n) is 5.52. The lowest BCUT2D eigenvalue weighted by Gasteiger charge is -2.13. The van der Waals surface area contributed by atoms with E-state index in [4.69, 9.17) is 16.3 Å². The molecule has 1 atom stereocenters. The molecule has 0 bridgehead atoms. The number of hydrogen-bond acceptors (Lipinski definition) is 5. The molecular weight excluding hydrogens is 288 g/mol. The molecule has 0 saturated heterocycles. The Labute approximate surface area is 119 Å². The Kier molecular flexibility index (Phi) is 4.52. The first kappa shape index (κ1) is 14.0. The summed E-state index contributed by atoms with van der Waals surface area (Å²) in [5.41, 5.74) is 0.279. The van der Waals surface area contributed by atoms with Crippen LogP contribution < -0.4 is 5.32 Å². The number of carbonyl (C=O) groups excluding carboxylic acids is 1. The molecule has 2 rings (SSSR count). The normalized spacial score (nSPS) is 12.4. The van der Waals surface area contributed by atoms with Gasteiger partial charge in [0.2, 0.25) is 0 Å². The molecule has 0 aromatic carbocycles. The smallest absolute Gasteiger partial charge is 0.273 e. The predicted octanol–water partition coefficient (Wildman–Crippen LogP) is 1.65. The van der Waals surface area contributed by atoms with E-state index in [0.29, 0.717) is 10.9 Å². The molecule has 2 heterocycles. The predicted molar refractivity (Wildman–Crippen MR) is 72.4 cm³/mol. The number of halogens is 1. The second-order valence-electron chi connectivity index (χ2n) is 3.85. The Bertz CT molecular complexity index is 569. The molecule has 0 aliphatic heterocycles. The van der Waals surface area contributed by atoms with Crippen LogP contribution in [0.25, 0.3) is 0 Å². The lowest BCUT2D eigenvalue weighted by atomic mass is 10.3. The third-order valence-electron chi connectivity index (χ3n) is 2.48. The van der Waals surface area contributed by atoms with E-state index in [1.54, 1.807) is 26.4 Å². The van der Waals surface area contributed by atoms with Crippen molar-refractivity contribution < 1.29 is 9.53 Å². The highest BCUT2D eigenvalue weighted by Gasteiger charge is 2.16. The van der Waals surface area contributed by atoms with Gasteiger partial charge in [-0.05, 0) is 12.1 Å². The molecule has 6 nitrogen and oxygen atoms in total. The number of aromatic nitrogens is 3. The van der Waals surface area contributed by atoms with Gasteiger partial charge in [-0.25, -0.2) is 0 Å². The van der Waals surface area contributed by atoms with Crippen molar-refractivity contribution in [3.05, 3.63) is 33.2 Å². The van der Waals surface area contributed by atoms with E-state index in [2.05, 4.69) is 15.6 Å². The van der Waals surface area contributed by atoms with Gasteiger partial charge in [-0.15, -0.1) is 16.4 Å². The van der Waals surface area contributed by atoms with Gasteiger partial charge in [-0.3, -0.25) is 9.48 Å². The standard InChI is InChI=1S/C11H13ClN4O2S/c1-16-6-7(14-15-16)11(17)13-5-8(18-2)9-3-4-10(12)19-9/h3-4,6,8H,5H2,1-2H3,(H,13,17). The van der Waals surface area contributed by atoms with Crippen molar-refractivity contribution >= 4 is 28.8 Å². The second-order valence-corrected chi connectivity index (χ2v) is 5.60. The van der Waals surface area contributed by atoms with Gasteiger partial charge in [0, 0.05) is 25.6 Å². The van der Waals surface area contributed by atoms with E-state index in [1.807, 2.05) is 6.07 Å². The van der Waals surface area contributed by atoms with E-state index >= 15 is 0 Å². The maximum absolute atomic E-state index is 11.8. The summed E-state index contributed by atoms with van der Waals surface area (Å²) in [5, 5.41) is 10.2. The van der Waals surface area contributed by atoms with Gasteiger partial charge < -0.3 is 10.1 Å². The molecular formula is C11H13ClN4O2S. The Morgan fingerprint density at radius 3 is 2.95 bits per heavy atom. The van der Waals surface area contributed by atoms with E-state index in [-0.39, 0.29) is 17.7 Å². The van der Waals surface area contributed by atoms with Gasteiger partial charge in [-0.1, -0.05) is 16.8 Å². The summed E-state index contributed by atoms with van der Waals surface area (Å²) >= 11 is 7.31. The second kappa shape index (κ2) is 6.14. The molecule has 8 heteroatoms. The lowest BCUT2D eigenvalue weighted by molar-refractivity contribution is 0.0833. The number of aryl methyl sites for hydroxylation is 1. The van der Waals surface area contributed by atoms with Crippen LogP contribution in [0.3, 0.4) is 0 Å². The Balaban J connectivity index is 1.95. The van der Waals surface area contributed by atoms with Gasteiger partial charge in [0.25, 0.3) is 5.91 Å². The molecule has 0 spiro atoms. The molecule has 2 aromatic heterocycles. The number of methoxy groups -OCH3 is 1. The summed E-state index contributed by atoms with van der Waals surface area (Å²) in [6.45, 7) is 0.350. The number of thiophene rings is 1. The Hall–Kier alpha value is -1.44. The van der Waals surface area contributed by atoms with Crippen molar-refractivity contribution in [1.82, 2.24) is 20.3 Å². The number of carbonyl (C=O) groups is 1. The minimum Gasteiger partial charge on any atom is -0.374 e. The fourth-order valence-electron chi connectivity index (χ4n) is 1.53. The fourth-order valence-corrected chi connectivity index (χ4v) is 2.67. The minimum absolute atomic E-state index is 0.224. The summed E-state index contributed by atoms with van der Waals surface area (Å²) in [7, 11) is 3.29. The van der Waals surface area contributed by atoms with Gasteiger partial charge in [0.1, 0.15) is 6.10 Å². The number of ether oxygens (including phenoxy) is 1. The van der Waals surface area contributed by atoms with Crippen LogP contribution in [-0.4, -0.2) is 34.6 Å². The fraction of sp³-hybridized carbons (Fsp3) is 0.364. The van der Waals surface area contributed by atoms with E-state index in [9.17, 15) is 4.79 Å². The SMILES string of the molecule is COC(CNC(=O)c1cn(C)nn1)c1ccc(Cl)s1. The summed E-state index contributed by atoms with van der Waals surface area (Å²) < 4.78 is 7.50. The highest BCUT2D eigenvalue weighted by molar-refractivity contribution is 7.16. The van der Waals surface area contributed by atoms with Gasteiger partial charge >= 0.3 is 0 Å². The molecule has 0 radical (unpaired) electrons. The van der Waals surface area contributed by atoms with Crippen molar-refractivity contribution in [2.45, 2.75) is 6.10 Å². The average Bonchev–Trinajstić information content (AvgIpc) is 2.99. The highest BCUT2D eigenvalue weighted by atomic mass is 35.5. The molecule has 1 unspecified atom stereocenters. The molecule has 1 N–H and O–H groups in total. The zero-order valence-electron chi connectivity index (χ0n) is 10.5. The van der Waals surface area contributed by atoms with Gasteiger partial charge in [0.05, 0.1) is 10.5 Å². The van der Waals surface area contributed by atoms with Crippen LogP contribution in [0.2, 0.25) is 4.34 Å². The number of amides is 1. The zero-order valence-corrected chi connectivity index (χ0v) is 12.0. The van der Waals surface area contributed by atoms with Crippen LogP contribution in [0.5, 0.6) is 0 Å². The highest BCUT2D eigenvalue weighted by Crippen LogP contribution is 2.28. The maximum atomic E-state index is 11.8. The number of nitrogens with zero attached hydrogens (tertiary/aromatic N) is 3. The van der Waals surface area contributed by atoms with Gasteiger partial charge in [0.15, 0.2) is 5.69 Å². The maximum Gasteiger partial charge on any atom is 0.273 e. The summed E-state index contributed by atoms with van der Waals surface area (Å²) in [4.78, 5) is 12.8. The monoisotopic (exact) mass is 300 g/mol. The van der Waals surface area contributed by atoms with Crippen LogP contribution in [-0.2, 0) is 11.8 Å². The Morgan fingerprint density at radius 2 is 2.42 bits per heavy atom. The Morgan fingerprint density at radius 1 is 1.63 bits per heavy atom. The lowest BCUT2D eigenvalue weighted by Crippen LogP contribution is -2.29. The average molecular weight is 301 g/mol.